The van der Waals surface area contributed by atoms with Crippen molar-refractivity contribution in [3.63, 3.8) is 0 Å². The number of nitrogens with one attached hydrogen (secondary N) is 1. The van der Waals surface area contributed by atoms with Crippen molar-refractivity contribution in [3.05, 3.63) is 33.3 Å². The Balaban J connectivity index is 2.90. The lowest BCUT2D eigenvalue weighted by Gasteiger charge is -2.14. The van der Waals surface area contributed by atoms with Crippen LogP contribution in [0.15, 0.2) is 18.2 Å². The number of ether oxygens (including phenoxy) is 1. The van der Waals surface area contributed by atoms with Gasteiger partial charge in [0, 0.05) is 24.2 Å². The standard InChI is InChI=1S/C10H13ClN2O3/c1-7(6-16-2)12-9-4-3-8(11)5-10(9)13(14)15/h3-5,7,12H,6H2,1-2H3. The molecule has 0 aliphatic heterocycles. The first-order chi connectivity index (χ1) is 7.54. The van der Waals surface area contributed by atoms with Crippen LogP contribution in [0, 0.1) is 10.1 Å². The van der Waals surface area contributed by atoms with E-state index in [4.69, 9.17) is 16.3 Å². The smallest absolute Gasteiger partial charge is 0.293 e. The minimum absolute atomic E-state index is 0.00937. The average Bonchev–Trinajstić information content (AvgIpc) is 2.20. The molecule has 1 aromatic rings. The van der Waals surface area contributed by atoms with E-state index in [1.807, 2.05) is 6.92 Å². The molecule has 0 saturated carbocycles. The molecule has 1 rings (SSSR count). The molecule has 0 amide bonds. The maximum atomic E-state index is 10.8. The van der Waals surface area contributed by atoms with Crippen LogP contribution in [-0.4, -0.2) is 24.7 Å². The minimum atomic E-state index is -0.465. The summed E-state index contributed by atoms with van der Waals surface area (Å²) in [4.78, 5) is 10.3. The van der Waals surface area contributed by atoms with Crippen LogP contribution >= 0.6 is 11.6 Å². The van der Waals surface area contributed by atoms with Crippen LogP contribution in [0.25, 0.3) is 0 Å². The van der Waals surface area contributed by atoms with Gasteiger partial charge < -0.3 is 10.1 Å². The van der Waals surface area contributed by atoms with Gasteiger partial charge in [-0.3, -0.25) is 10.1 Å². The number of rotatable bonds is 5. The van der Waals surface area contributed by atoms with E-state index in [2.05, 4.69) is 5.32 Å². The Kier molecular flexibility index (Phi) is 4.52. The van der Waals surface area contributed by atoms with Gasteiger partial charge in [-0.1, -0.05) is 11.6 Å². The maximum Gasteiger partial charge on any atom is 0.293 e. The molecule has 0 aliphatic rings. The van der Waals surface area contributed by atoms with E-state index in [0.29, 0.717) is 17.3 Å². The molecule has 0 spiro atoms. The van der Waals surface area contributed by atoms with Gasteiger partial charge in [-0.15, -0.1) is 0 Å². The van der Waals surface area contributed by atoms with Crippen molar-refractivity contribution in [2.75, 3.05) is 19.0 Å². The second-order valence-corrected chi connectivity index (χ2v) is 3.86. The van der Waals surface area contributed by atoms with Gasteiger partial charge >= 0.3 is 0 Å². The third-order valence-corrected chi connectivity index (χ3v) is 2.21. The molecule has 88 valence electrons. The monoisotopic (exact) mass is 244 g/mol. The average molecular weight is 245 g/mol. The van der Waals surface area contributed by atoms with E-state index >= 15 is 0 Å². The number of methoxy groups -OCH3 is 1. The van der Waals surface area contributed by atoms with Crippen molar-refractivity contribution in [3.8, 4) is 0 Å². The number of nitro groups is 1. The van der Waals surface area contributed by atoms with Gasteiger partial charge in [0.1, 0.15) is 5.69 Å². The maximum absolute atomic E-state index is 10.8. The molecule has 1 unspecified atom stereocenters. The number of halogens is 1. The Morgan fingerprint density at radius 1 is 1.62 bits per heavy atom. The van der Waals surface area contributed by atoms with Gasteiger partial charge in [0.25, 0.3) is 5.69 Å². The molecular weight excluding hydrogens is 232 g/mol. The summed E-state index contributed by atoms with van der Waals surface area (Å²) in [7, 11) is 1.58. The molecule has 0 bridgehead atoms. The van der Waals surface area contributed by atoms with Crippen LogP contribution in [0.5, 0.6) is 0 Å². The summed E-state index contributed by atoms with van der Waals surface area (Å²) in [5, 5.41) is 14.1. The first-order valence-electron chi connectivity index (χ1n) is 4.74. The first-order valence-corrected chi connectivity index (χ1v) is 5.11. The fourth-order valence-corrected chi connectivity index (χ4v) is 1.50. The van der Waals surface area contributed by atoms with Crippen molar-refractivity contribution < 1.29 is 9.66 Å². The van der Waals surface area contributed by atoms with Crippen LogP contribution in [0.3, 0.4) is 0 Å². The first kappa shape index (κ1) is 12.7. The molecule has 0 aromatic heterocycles. The Morgan fingerprint density at radius 3 is 2.88 bits per heavy atom. The van der Waals surface area contributed by atoms with Gasteiger partial charge in [0.05, 0.1) is 11.5 Å². The summed E-state index contributed by atoms with van der Waals surface area (Å²) < 4.78 is 4.94. The normalized spacial score (nSPS) is 12.2. The fraction of sp³-hybridized carbons (Fsp3) is 0.400. The van der Waals surface area contributed by atoms with Crippen molar-refractivity contribution in [2.45, 2.75) is 13.0 Å². The molecule has 1 aromatic carbocycles. The van der Waals surface area contributed by atoms with Gasteiger partial charge in [-0.2, -0.15) is 0 Å². The minimum Gasteiger partial charge on any atom is -0.383 e. The van der Waals surface area contributed by atoms with Gasteiger partial charge in [0.15, 0.2) is 0 Å². The summed E-state index contributed by atoms with van der Waals surface area (Å²) in [6.45, 7) is 2.35. The number of hydrogen-bond acceptors (Lipinski definition) is 4. The number of anilines is 1. The van der Waals surface area contributed by atoms with Gasteiger partial charge in [-0.25, -0.2) is 0 Å². The Labute approximate surface area is 98.5 Å². The number of nitrogens with zero attached hydrogens (tertiary/aromatic N) is 1. The fourth-order valence-electron chi connectivity index (χ4n) is 1.34. The zero-order chi connectivity index (χ0) is 12.1. The number of benzene rings is 1. The number of hydrogen-bond donors (Lipinski definition) is 1. The third-order valence-electron chi connectivity index (χ3n) is 1.98. The van der Waals surface area contributed by atoms with Crippen LogP contribution in [-0.2, 0) is 4.74 Å². The Hall–Kier alpha value is -1.33. The van der Waals surface area contributed by atoms with E-state index in [1.165, 1.54) is 6.07 Å². The Bertz CT molecular complexity index is 384. The summed E-state index contributed by atoms with van der Waals surface area (Å²) in [6, 6.07) is 4.51. The van der Waals surface area contributed by atoms with E-state index in [-0.39, 0.29) is 11.7 Å². The lowest BCUT2D eigenvalue weighted by Crippen LogP contribution is -2.21. The molecule has 0 radical (unpaired) electrons. The largest absolute Gasteiger partial charge is 0.383 e. The molecule has 0 heterocycles. The second-order valence-electron chi connectivity index (χ2n) is 3.42. The van der Waals surface area contributed by atoms with E-state index in [9.17, 15) is 10.1 Å². The molecule has 0 aliphatic carbocycles. The number of nitro benzene ring substituents is 1. The van der Waals surface area contributed by atoms with Gasteiger partial charge in [0.2, 0.25) is 0 Å². The predicted molar refractivity (Wildman–Crippen MR) is 63.1 cm³/mol. The Morgan fingerprint density at radius 2 is 2.31 bits per heavy atom. The van der Waals surface area contributed by atoms with Crippen molar-refractivity contribution >= 4 is 23.0 Å². The summed E-state index contributed by atoms with van der Waals surface area (Å²) in [5.74, 6) is 0. The highest BCUT2D eigenvalue weighted by Crippen LogP contribution is 2.28. The van der Waals surface area contributed by atoms with Crippen LogP contribution in [0.2, 0.25) is 5.02 Å². The summed E-state index contributed by atoms with van der Waals surface area (Å²) in [5.41, 5.74) is 0.411. The summed E-state index contributed by atoms with van der Waals surface area (Å²) in [6.07, 6.45) is 0. The lowest BCUT2D eigenvalue weighted by atomic mass is 10.2. The van der Waals surface area contributed by atoms with Crippen LogP contribution in [0.1, 0.15) is 6.92 Å². The molecular formula is C10H13ClN2O3. The van der Waals surface area contributed by atoms with E-state index < -0.39 is 4.92 Å². The molecule has 1 atom stereocenters. The zero-order valence-electron chi connectivity index (χ0n) is 9.07. The highest BCUT2D eigenvalue weighted by molar-refractivity contribution is 6.30. The van der Waals surface area contributed by atoms with Crippen molar-refractivity contribution in [2.24, 2.45) is 0 Å². The highest BCUT2D eigenvalue weighted by Gasteiger charge is 2.15. The molecule has 0 fully saturated rings. The van der Waals surface area contributed by atoms with Crippen LogP contribution < -0.4 is 5.32 Å². The van der Waals surface area contributed by atoms with Crippen molar-refractivity contribution in [1.29, 1.82) is 0 Å². The van der Waals surface area contributed by atoms with Gasteiger partial charge in [-0.05, 0) is 19.1 Å². The third kappa shape index (κ3) is 3.36. The highest BCUT2D eigenvalue weighted by atomic mass is 35.5. The predicted octanol–water partition coefficient (Wildman–Crippen LogP) is 2.70. The molecule has 5 nitrogen and oxygen atoms in total. The van der Waals surface area contributed by atoms with E-state index in [0.717, 1.165) is 0 Å². The van der Waals surface area contributed by atoms with Crippen molar-refractivity contribution in [1.82, 2.24) is 0 Å². The zero-order valence-corrected chi connectivity index (χ0v) is 9.82. The molecule has 1 N–H and O–H groups in total. The molecule has 16 heavy (non-hydrogen) atoms. The molecule has 6 heteroatoms. The quantitative estimate of drug-likeness (QED) is 0.639. The lowest BCUT2D eigenvalue weighted by molar-refractivity contribution is -0.384. The van der Waals surface area contributed by atoms with Crippen LogP contribution in [0.4, 0.5) is 11.4 Å². The summed E-state index contributed by atoms with van der Waals surface area (Å²) >= 11 is 5.70. The SMILES string of the molecule is COCC(C)Nc1ccc(Cl)cc1[N+](=O)[O-]. The van der Waals surface area contributed by atoms with E-state index in [1.54, 1.807) is 19.2 Å². The topological polar surface area (TPSA) is 64.4 Å². The molecule has 0 saturated heterocycles. The second kappa shape index (κ2) is 5.67.